The lowest BCUT2D eigenvalue weighted by molar-refractivity contribution is -0.117. The predicted molar refractivity (Wildman–Crippen MR) is 64.6 cm³/mol. The topological polar surface area (TPSA) is 55.4 Å². The minimum absolute atomic E-state index is 0.00825. The van der Waals surface area contributed by atoms with Crippen molar-refractivity contribution < 1.29 is 14.3 Å². The molecule has 0 fully saturated rings. The van der Waals surface area contributed by atoms with Gasteiger partial charge in [-0.3, -0.25) is 4.79 Å². The second kappa shape index (κ2) is 6.68. The summed E-state index contributed by atoms with van der Waals surface area (Å²) in [6, 6.07) is 9.49. The SMILES string of the molecule is CC(=O)CCOC(=O)NC(C)c1ccccc1. The maximum absolute atomic E-state index is 11.4. The molecule has 1 aromatic rings. The summed E-state index contributed by atoms with van der Waals surface area (Å²) in [7, 11) is 0. The van der Waals surface area contributed by atoms with E-state index in [0.717, 1.165) is 5.56 Å². The van der Waals surface area contributed by atoms with E-state index in [4.69, 9.17) is 4.74 Å². The van der Waals surface area contributed by atoms with Gasteiger partial charge in [0.2, 0.25) is 0 Å². The molecule has 92 valence electrons. The molecule has 1 rings (SSSR count). The molecule has 0 aliphatic rings. The molecule has 0 spiro atoms. The summed E-state index contributed by atoms with van der Waals surface area (Å²) >= 11 is 0. The van der Waals surface area contributed by atoms with Gasteiger partial charge in [-0.25, -0.2) is 4.79 Å². The van der Waals surface area contributed by atoms with Gasteiger partial charge in [0.1, 0.15) is 12.4 Å². The third-order valence-corrected chi connectivity index (χ3v) is 2.32. The van der Waals surface area contributed by atoms with Crippen LogP contribution >= 0.6 is 0 Å². The zero-order valence-corrected chi connectivity index (χ0v) is 10.1. The number of ketones is 1. The van der Waals surface area contributed by atoms with Crippen LogP contribution in [0.3, 0.4) is 0 Å². The first-order valence-corrected chi connectivity index (χ1v) is 5.57. The number of amides is 1. The Kier molecular flexibility index (Phi) is 5.20. The number of nitrogens with one attached hydrogen (secondary N) is 1. The monoisotopic (exact) mass is 235 g/mol. The highest BCUT2D eigenvalue weighted by Gasteiger charge is 2.09. The van der Waals surface area contributed by atoms with Gasteiger partial charge >= 0.3 is 6.09 Å². The lowest BCUT2D eigenvalue weighted by atomic mass is 10.1. The molecule has 0 aromatic heterocycles. The van der Waals surface area contributed by atoms with Crippen molar-refractivity contribution in [1.29, 1.82) is 0 Å². The van der Waals surface area contributed by atoms with Crippen LogP contribution in [-0.2, 0) is 9.53 Å². The van der Waals surface area contributed by atoms with E-state index in [1.807, 2.05) is 37.3 Å². The molecule has 0 saturated heterocycles. The quantitative estimate of drug-likeness (QED) is 0.852. The van der Waals surface area contributed by atoms with Crippen molar-refractivity contribution >= 4 is 11.9 Å². The molecule has 0 bridgehead atoms. The second-order valence-electron chi connectivity index (χ2n) is 3.86. The van der Waals surface area contributed by atoms with Crippen LogP contribution in [0.25, 0.3) is 0 Å². The van der Waals surface area contributed by atoms with Gasteiger partial charge in [-0.1, -0.05) is 30.3 Å². The Labute approximate surface area is 101 Å². The maximum Gasteiger partial charge on any atom is 0.407 e. The van der Waals surface area contributed by atoms with Gasteiger partial charge in [-0.15, -0.1) is 0 Å². The fourth-order valence-corrected chi connectivity index (χ4v) is 1.33. The molecule has 0 radical (unpaired) electrons. The molecule has 1 atom stereocenters. The number of ether oxygens (including phenoxy) is 1. The Morgan fingerprint density at radius 2 is 1.94 bits per heavy atom. The van der Waals surface area contributed by atoms with Crippen LogP contribution in [0.2, 0.25) is 0 Å². The van der Waals surface area contributed by atoms with Crippen molar-refractivity contribution in [3.05, 3.63) is 35.9 Å². The number of hydrogen-bond donors (Lipinski definition) is 1. The fourth-order valence-electron chi connectivity index (χ4n) is 1.33. The summed E-state index contributed by atoms with van der Waals surface area (Å²) in [4.78, 5) is 22.0. The van der Waals surface area contributed by atoms with E-state index in [2.05, 4.69) is 5.32 Å². The average Bonchev–Trinajstić information content (AvgIpc) is 2.29. The van der Waals surface area contributed by atoms with Crippen LogP contribution in [0.1, 0.15) is 31.9 Å². The van der Waals surface area contributed by atoms with Crippen LogP contribution in [0, 0.1) is 0 Å². The molecule has 4 heteroatoms. The molecule has 0 heterocycles. The van der Waals surface area contributed by atoms with E-state index in [-0.39, 0.29) is 24.9 Å². The van der Waals surface area contributed by atoms with Crippen molar-refractivity contribution in [2.75, 3.05) is 6.61 Å². The zero-order chi connectivity index (χ0) is 12.7. The smallest absolute Gasteiger partial charge is 0.407 e. The summed E-state index contributed by atoms with van der Waals surface area (Å²) in [5.74, 6) is 0.00825. The normalized spacial score (nSPS) is 11.6. The molecule has 17 heavy (non-hydrogen) atoms. The Hall–Kier alpha value is -1.84. The average molecular weight is 235 g/mol. The number of Topliss-reactive ketones (excluding diaryl/α,β-unsaturated/α-hetero) is 1. The van der Waals surface area contributed by atoms with E-state index in [0.29, 0.717) is 0 Å². The van der Waals surface area contributed by atoms with Crippen LogP contribution in [0.5, 0.6) is 0 Å². The number of hydrogen-bond acceptors (Lipinski definition) is 3. The highest BCUT2D eigenvalue weighted by molar-refractivity contribution is 5.76. The Morgan fingerprint density at radius 3 is 2.53 bits per heavy atom. The van der Waals surface area contributed by atoms with E-state index in [1.165, 1.54) is 6.92 Å². The lowest BCUT2D eigenvalue weighted by Crippen LogP contribution is -2.27. The Morgan fingerprint density at radius 1 is 1.29 bits per heavy atom. The summed E-state index contributed by atoms with van der Waals surface area (Å²) in [6.45, 7) is 3.47. The van der Waals surface area contributed by atoms with Crippen molar-refractivity contribution in [2.45, 2.75) is 26.3 Å². The molecule has 0 aliphatic carbocycles. The van der Waals surface area contributed by atoms with Gasteiger partial charge in [-0.05, 0) is 19.4 Å². The third-order valence-electron chi connectivity index (χ3n) is 2.32. The van der Waals surface area contributed by atoms with Crippen LogP contribution in [-0.4, -0.2) is 18.5 Å². The summed E-state index contributed by atoms with van der Waals surface area (Å²) < 4.78 is 4.87. The Balaban J connectivity index is 2.34. The molecular formula is C13H17NO3. The van der Waals surface area contributed by atoms with Crippen molar-refractivity contribution in [2.24, 2.45) is 0 Å². The number of carbonyl (C=O) groups excluding carboxylic acids is 2. The van der Waals surface area contributed by atoms with E-state index in [9.17, 15) is 9.59 Å². The van der Waals surface area contributed by atoms with Crippen LogP contribution in [0.4, 0.5) is 4.79 Å². The Bertz CT molecular complexity index is 376. The highest BCUT2D eigenvalue weighted by atomic mass is 16.5. The van der Waals surface area contributed by atoms with Gasteiger partial charge < -0.3 is 10.1 Å². The number of rotatable bonds is 5. The minimum atomic E-state index is -0.498. The summed E-state index contributed by atoms with van der Waals surface area (Å²) in [5.41, 5.74) is 1.01. The van der Waals surface area contributed by atoms with E-state index < -0.39 is 6.09 Å². The van der Waals surface area contributed by atoms with Crippen molar-refractivity contribution in [1.82, 2.24) is 5.32 Å². The first kappa shape index (κ1) is 13.2. The highest BCUT2D eigenvalue weighted by Crippen LogP contribution is 2.10. The van der Waals surface area contributed by atoms with Crippen LogP contribution < -0.4 is 5.32 Å². The zero-order valence-electron chi connectivity index (χ0n) is 10.1. The largest absolute Gasteiger partial charge is 0.449 e. The number of benzene rings is 1. The maximum atomic E-state index is 11.4. The van der Waals surface area contributed by atoms with E-state index >= 15 is 0 Å². The fraction of sp³-hybridized carbons (Fsp3) is 0.385. The predicted octanol–water partition coefficient (Wildman–Crippen LogP) is 2.45. The molecular weight excluding hydrogens is 218 g/mol. The standard InChI is InChI=1S/C13H17NO3/c1-10(15)8-9-17-13(16)14-11(2)12-6-4-3-5-7-12/h3-7,11H,8-9H2,1-2H3,(H,14,16). The first-order valence-electron chi connectivity index (χ1n) is 5.57. The second-order valence-corrected chi connectivity index (χ2v) is 3.86. The molecule has 1 N–H and O–H groups in total. The number of carbonyl (C=O) groups is 2. The molecule has 1 aromatic carbocycles. The molecule has 1 amide bonds. The first-order chi connectivity index (χ1) is 8.09. The lowest BCUT2D eigenvalue weighted by Gasteiger charge is -2.13. The van der Waals surface area contributed by atoms with Crippen molar-refractivity contribution in [3.63, 3.8) is 0 Å². The van der Waals surface area contributed by atoms with Gasteiger partial charge in [0.15, 0.2) is 0 Å². The van der Waals surface area contributed by atoms with Crippen LogP contribution in [0.15, 0.2) is 30.3 Å². The summed E-state index contributed by atoms with van der Waals surface area (Å²) in [5, 5.41) is 2.70. The molecule has 0 aliphatic heterocycles. The minimum Gasteiger partial charge on any atom is -0.449 e. The van der Waals surface area contributed by atoms with Gasteiger partial charge in [0.25, 0.3) is 0 Å². The van der Waals surface area contributed by atoms with Gasteiger partial charge in [0, 0.05) is 6.42 Å². The molecule has 4 nitrogen and oxygen atoms in total. The van der Waals surface area contributed by atoms with Gasteiger partial charge in [-0.2, -0.15) is 0 Å². The van der Waals surface area contributed by atoms with Crippen molar-refractivity contribution in [3.8, 4) is 0 Å². The van der Waals surface area contributed by atoms with Gasteiger partial charge in [0.05, 0.1) is 6.04 Å². The van der Waals surface area contributed by atoms with E-state index in [1.54, 1.807) is 0 Å². The molecule has 1 unspecified atom stereocenters. The number of alkyl carbamates (subject to hydrolysis) is 1. The third kappa shape index (κ3) is 5.15. The molecule has 0 saturated carbocycles. The summed E-state index contributed by atoms with van der Waals surface area (Å²) in [6.07, 6.45) is -0.241.